The fourth-order valence-electron chi connectivity index (χ4n) is 2.53. The van der Waals surface area contributed by atoms with Gasteiger partial charge in [0, 0.05) is 6.07 Å². The van der Waals surface area contributed by atoms with E-state index in [2.05, 4.69) is 10.1 Å². The quantitative estimate of drug-likeness (QED) is 0.571. The van der Waals surface area contributed by atoms with Crippen LogP contribution in [-0.2, 0) is 6.61 Å². The van der Waals surface area contributed by atoms with E-state index < -0.39 is 12.5 Å². The average molecular weight is 403 g/mol. The summed E-state index contributed by atoms with van der Waals surface area (Å²) >= 11 is 0. The molecule has 1 amide bonds. The monoisotopic (exact) mass is 403 g/mol. The number of furan rings is 1. The number of hydrogen-bond donors (Lipinski definition) is 1. The van der Waals surface area contributed by atoms with E-state index in [1.54, 1.807) is 50.4 Å². The van der Waals surface area contributed by atoms with Gasteiger partial charge >= 0.3 is 6.61 Å². The van der Waals surface area contributed by atoms with Crippen molar-refractivity contribution in [2.45, 2.75) is 20.1 Å². The summed E-state index contributed by atoms with van der Waals surface area (Å²) < 4.78 is 45.9. The first kappa shape index (κ1) is 20.2. The van der Waals surface area contributed by atoms with Crippen molar-refractivity contribution in [1.82, 2.24) is 0 Å². The lowest BCUT2D eigenvalue weighted by Gasteiger charge is -2.12. The minimum Gasteiger partial charge on any atom is -0.497 e. The first-order valence-electron chi connectivity index (χ1n) is 8.67. The SMILES string of the molecule is COc1cccc(OCc2ccc(C(=O)Nc3ccc(C)cc3OC(F)F)o2)c1. The molecule has 0 fully saturated rings. The molecule has 1 heterocycles. The molecule has 1 N–H and O–H groups in total. The average Bonchev–Trinajstić information content (AvgIpc) is 3.17. The highest BCUT2D eigenvalue weighted by molar-refractivity contribution is 6.03. The second-order valence-corrected chi connectivity index (χ2v) is 6.07. The smallest absolute Gasteiger partial charge is 0.387 e. The van der Waals surface area contributed by atoms with Crippen LogP contribution in [0.5, 0.6) is 17.2 Å². The highest BCUT2D eigenvalue weighted by Gasteiger charge is 2.16. The minimum absolute atomic E-state index is 0.0119. The molecule has 0 saturated heterocycles. The van der Waals surface area contributed by atoms with Crippen LogP contribution in [0.25, 0.3) is 0 Å². The van der Waals surface area contributed by atoms with Crippen molar-refractivity contribution in [3.63, 3.8) is 0 Å². The number of nitrogens with one attached hydrogen (secondary N) is 1. The fraction of sp³-hybridized carbons (Fsp3) is 0.190. The van der Waals surface area contributed by atoms with Crippen LogP contribution in [0.4, 0.5) is 14.5 Å². The van der Waals surface area contributed by atoms with E-state index >= 15 is 0 Å². The number of methoxy groups -OCH3 is 1. The van der Waals surface area contributed by atoms with Crippen LogP contribution >= 0.6 is 0 Å². The van der Waals surface area contributed by atoms with Gasteiger partial charge in [0.25, 0.3) is 5.91 Å². The van der Waals surface area contributed by atoms with Gasteiger partial charge in [-0.1, -0.05) is 12.1 Å². The molecule has 2 aromatic carbocycles. The van der Waals surface area contributed by atoms with Crippen molar-refractivity contribution >= 4 is 11.6 Å². The molecule has 0 aliphatic heterocycles. The number of halogens is 2. The molecule has 0 aliphatic carbocycles. The third kappa shape index (κ3) is 5.47. The number of carbonyl (C=O) groups excluding carboxylic acids is 1. The molecule has 8 heteroatoms. The summed E-state index contributed by atoms with van der Waals surface area (Å²) in [5.41, 5.74) is 0.833. The summed E-state index contributed by atoms with van der Waals surface area (Å²) in [5, 5.41) is 2.51. The molecule has 3 rings (SSSR count). The number of carbonyl (C=O) groups is 1. The molecule has 0 atom stereocenters. The highest BCUT2D eigenvalue weighted by atomic mass is 19.3. The van der Waals surface area contributed by atoms with E-state index in [1.807, 2.05) is 0 Å². The lowest BCUT2D eigenvalue weighted by atomic mass is 10.2. The number of rotatable bonds is 8. The highest BCUT2D eigenvalue weighted by Crippen LogP contribution is 2.28. The van der Waals surface area contributed by atoms with E-state index in [9.17, 15) is 13.6 Å². The summed E-state index contributed by atoms with van der Waals surface area (Å²) in [6.07, 6.45) is 0. The number of amides is 1. The van der Waals surface area contributed by atoms with Crippen LogP contribution in [0.1, 0.15) is 21.9 Å². The zero-order chi connectivity index (χ0) is 20.8. The molecule has 3 aromatic rings. The van der Waals surface area contributed by atoms with Crippen molar-refractivity contribution in [3.05, 3.63) is 71.7 Å². The molecular weight excluding hydrogens is 384 g/mol. The second kappa shape index (κ2) is 9.09. The fourth-order valence-corrected chi connectivity index (χ4v) is 2.53. The third-order valence-corrected chi connectivity index (χ3v) is 3.91. The van der Waals surface area contributed by atoms with E-state index in [4.69, 9.17) is 13.9 Å². The molecule has 0 unspecified atom stereocenters. The lowest BCUT2D eigenvalue weighted by Crippen LogP contribution is -2.13. The Labute approximate surface area is 166 Å². The van der Waals surface area contributed by atoms with Crippen molar-refractivity contribution in [1.29, 1.82) is 0 Å². The number of aryl methyl sites for hydroxylation is 1. The second-order valence-electron chi connectivity index (χ2n) is 6.07. The number of ether oxygens (including phenoxy) is 3. The maximum Gasteiger partial charge on any atom is 0.387 e. The summed E-state index contributed by atoms with van der Waals surface area (Å²) in [4.78, 5) is 12.4. The number of hydrogen-bond acceptors (Lipinski definition) is 5. The Morgan fingerprint density at radius 2 is 1.90 bits per heavy atom. The summed E-state index contributed by atoms with van der Waals surface area (Å²) in [6.45, 7) is -1.17. The van der Waals surface area contributed by atoms with Crippen molar-refractivity contribution < 1.29 is 32.2 Å². The zero-order valence-corrected chi connectivity index (χ0v) is 15.8. The van der Waals surface area contributed by atoms with Crippen LogP contribution in [0, 0.1) is 6.92 Å². The molecule has 0 spiro atoms. The van der Waals surface area contributed by atoms with Crippen molar-refractivity contribution in [2.75, 3.05) is 12.4 Å². The predicted molar refractivity (Wildman–Crippen MR) is 102 cm³/mol. The maximum atomic E-state index is 12.6. The molecule has 0 bridgehead atoms. The van der Waals surface area contributed by atoms with Crippen molar-refractivity contribution in [2.24, 2.45) is 0 Å². The molecular formula is C21H19F2NO5. The van der Waals surface area contributed by atoms with E-state index in [-0.39, 0.29) is 23.8 Å². The standard InChI is InChI=1S/C21H19F2NO5/c1-13-6-8-17(19(10-13)29-21(22)23)24-20(25)18-9-7-16(28-18)12-27-15-5-3-4-14(11-15)26-2/h3-11,21H,12H2,1-2H3,(H,24,25). The molecule has 1 aromatic heterocycles. The lowest BCUT2D eigenvalue weighted by molar-refractivity contribution is -0.0494. The molecule has 6 nitrogen and oxygen atoms in total. The van der Waals surface area contributed by atoms with Gasteiger partial charge in [0.05, 0.1) is 12.8 Å². The summed E-state index contributed by atoms with van der Waals surface area (Å²) in [7, 11) is 1.56. The first-order valence-corrected chi connectivity index (χ1v) is 8.67. The Morgan fingerprint density at radius 1 is 1.10 bits per heavy atom. The van der Waals surface area contributed by atoms with Crippen molar-refractivity contribution in [3.8, 4) is 17.2 Å². The Bertz CT molecular complexity index is 987. The normalized spacial score (nSPS) is 10.7. The Hall–Kier alpha value is -3.55. The predicted octanol–water partition coefficient (Wildman–Crippen LogP) is 5.03. The zero-order valence-electron chi connectivity index (χ0n) is 15.8. The van der Waals surface area contributed by atoms with Crippen LogP contribution < -0.4 is 19.5 Å². The Balaban J connectivity index is 1.65. The Morgan fingerprint density at radius 3 is 2.66 bits per heavy atom. The van der Waals surface area contributed by atoms with Crippen LogP contribution in [0.2, 0.25) is 0 Å². The van der Waals surface area contributed by atoms with Crippen LogP contribution in [-0.4, -0.2) is 19.6 Å². The number of alkyl halides is 2. The third-order valence-electron chi connectivity index (χ3n) is 3.91. The van der Waals surface area contributed by atoms with Gasteiger partial charge in [-0.15, -0.1) is 0 Å². The van der Waals surface area contributed by atoms with Crippen LogP contribution in [0.15, 0.2) is 59.0 Å². The molecule has 152 valence electrons. The molecule has 29 heavy (non-hydrogen) atoms. The van der Waals surface area contributed by atoms with Gasteiger partial charge in [0.15, 0.2) is 5.76 Å². The van der Waals surface area contributed by atoms with Gasteiger partial charge in [-0.2, -0.15) is 8.78 Å². The number of anilines is 1. The Kier molecular flexibility index (Phi) is 6.33. The van der Waals surface area contributed by atoms with Gasteiger partial charge < -0.3 is 23.9 Å². The first-order chi connectivity index (χ1) is 13.9. The molecule has 0 radical (unpaired) electrons. The van der Waals surface area contributed by atoms with Gasteiger partial charge in [-0.3, -0.25) is 4.79 Å². The number of benzene rings is 2. The van der Waals surface area contributed by atoms with Gasteiger partial charge in [-0.05, 0) is 48.9 Å². The summed E-state index contributed by atoms with van der Waals surface area (Å²) in [5.74, 6) is 0.952. The summed E-state index contributed by atoms with van der Waals surface area (Å²) in [6, 6.07) is 14.7. The van der Waals surface area contributed by atoms with Gasteiger partial charge in [-0.25, -0.2) is 0 Å². The van der Waals surface area contributed by atoms with E-state index in [0.29, 0.717) is 22.8 Å². The minimum atomic E-state index is -3.00. The van der Waals surface area contributed by atoms with Gasteiger partial charge in [0.1, 0.15) is 29.6 Å². The van der Waals surface area contributed by atoms with Gasteiger partial charge in [0.2, 0.25) is 0 Å². The maximum absolute atomic E-state index is 12.6. The van der Waals surface area contributed by atoms with E-state index in [0.717, 1.165) is 0 Å². The molecule has 0 saturated carbocycles. The topological polar surface area (TPSA) is 69.9 Å². The molecule has 0 aliphatic rings. The van der Waals surface area contributed by atoms with E-state index in [1.165, 1.54) is 18.2 Å². The largest absolute Gasteiger partial charge is 0.497 e. The van der Waals surface area contributed by atoms with Crippen LogP contribution in [0.3, 0.4) is 0 Å².